The van der Waals surface area contributed by atoms with Gasteiger partial charge in [-0.15, -0.1) is 6.58 Å². The molecule has 0 aliphatic rings. The second-order valence-electron chi connectivity index (χ2n) is 18.1. The van der Waals surface area contributed by atoms with Crippen molar-refractivity contribution in [1.82, 2.24) is 10.2 Å². The molecule has 0 amide bonds. The molecule has 2 atom stereocenters. The van der Waals surface area contributed by atoms with Crippen molar-refractivity contribution in [2.45, 2.75) is 188 Å². The van der Waals surface area contributed by atoms with E-state index >= 15 is 0 Å². The number of hydrogen-bond donors (Lipinski definition) is 3. The minimum atomic E-state index is -0.297. The molecule has 1 aromatic carbocycles. The SMILES string of the molecule is C.C=CC(C)(CC/C=C(\C)CCC=C(C)C)C(O)CC(C)C.CCCCCCN(C)CCC(C)C.CNCCC(C)C.Cc1ccc(NCCC(C)C)cc1. The van der Waals surface area contributed by atoms with Gasteiger partial charge in [0.05, 0.1) is 6.10 Å². The molecule has 0 aromatic heterocycles. The van der Waals surface area contributed by atoms with Crippen LogP contribution in [0.4, 0.5) is 5.69 Å². The molecule has 4 nitrogen and oxygen atoms in total. The largest absolute Gasteiger partial charge is 0.392 e. The number of allylic oxidation sites excluding steroid dienone is 4. The van der Waals surface area contributed by atoms with E-state index in [1.165, 1.54) is 80.4 Å². The molecule has 0 saturated carbocycles. The van der Waals surface area contributed by atoms with E-state index in [0.717, 1.165) is 62.9 Å². The maximum atomic E-state index is 10.4. The monoisotopic (exact) mass is 772 g/mol. The molecular weight excluding hydrogens is 671 g/mol. The highest BCUT2D eigenvalue weighted by molar-refractivity contribution is 5.44. The van der Waals surface area contributed by atoms with Crippen molar-refractivity contribution in [3.63, 3.8) is 0 Å². The van der Waals surface area contributed by atoms with Gasteiger partial charge in [-0.25, -0.2) is 0 Å². The fourth-order valence-corrected chi connectivity index (χ4v) is 5.45. The Kier molecular flexibility index (Phi) is 42.4. The number of hydrogen-bond acceptors (Lipinski definition) is 4. The summed E-state index contributed by atoms with van der Waals surface area (Å²) in [7, 11) is 4.23. The quantitative estimate of drug-likeness (QED) is 0.0684. The Hall–Kier alpha value is -1.88. The molecule has 0 radical (unpaired) electrons. The van der Waals surface area contributed by atoms with E-state index in [9.17, 15) is 5.11 Å². The number of anilines is 1. The van der Waals surface area contributed by atoms with Crippen LogP contribution in [0, 0.1) is 36.0 Å². The number of benzene rings is 1. The van der Waals surface area contributed by atoms with Crippen molar-refractivity contribution < 1.29 is 5.11 Å². The first kappa shape index (κ1) is 59.8. The van der Waals surface area contributed by atoms with Crippen LogP contribution in [0.2, 0.25) is 0 Å². The van der Waals surface area contributed by atoms with E-state index in [0.29, 0.717) is 5.92 Å². The molecule has 0 bridgehead atoms. The average molecular weight is 772 g/mol. The van der Waals surface area contributed by atoms with E-state index in [2.05, 4.69) is 163 Å². The van der Waals surface area contributed by atoms with Gasteiger partial charge in [-0.1, -0.05) is 143 Å². The molecule has 55 heavy (non-hydrogen) atoms. The summed E-state index contributed by atoms with van der Waals surface area (Å²) in [6.07, 6.45) is 20.7. The molecule has 0 spiro atoms. The molecule has 0 fully saturated rings. The van der Waals surface area contributed by atoms with Gasteiger partial charge in [-0.3, -0.25) is 0 Å². The van der Waals surface area contributed by atoms with Gasteiger partial charge in [0, 0.05) is 17.6 Å². The minimum absolute atomic E-state index is 0. The van der Waals surface area contributed by atoms with Crippen LogP contribution in [0.3, 0.4) is 0 Å². The van der Waals surface area contributed by atoms with Gasteiger partial charge in [0.15, 0.2) is 0 Å². The first-order chi connectivity index (χ1) is 25.3. The van der Waals surface area contributed by atoms with Crippen molar-refractivity contribution in [2.75, 3.05) is 45.6 Å². The molecule has 0 aliphatic heterocycles. The standard InChI is InChI=1S/C20H36O.C12H19N.C12H27N.C6H15N.CH4/c1-8-20(7,19(21)15-17(4)5)14-10-13-18(6)12-9-11-16(2)3;1-10(2)8-9-13-12-6-4-11(3)5-7-12;1-5-6-7-8-10-13(4)11-9-12(2)3;1-6(2)4-5-7-3;/h8,11,13,17,19,21H,1,9-10,12,14-15H2,2-7H3;4-7,10,13H,8-9H2,1-3H3;12H,5-11H2,1-4H3;6-7H,4-5H2,1-3H3;1H4/b18-13+;;;;. The summed E-state index contributed by atoms with van der Waals surface area (Å²) in [6.45, 7) is 39.6. The Morgan fingerprint density at radius 1 is 0.800 bits per heavy atom. The van der Waals surface area contributed by atoms with Crippen LogP contribution in [0.5, 0.6) is 0 Å². The Morgan fingerprint density at radius 3 is 1.82 bits per heavy atom. The fraction of sp³-hybridized carbons (Fsp3) is 0.765. The van der Waals surface area contributed by atoms with Gasteiger partial charge < -0.3 is 20.6 Å². The lowest BCUT2D eigenvalue weighted by atomic mass is 9.77. The Bertz CT molecular complexity index is 1020. The van der Waals surface area contributed by atoms with Gasteiger partial charge in [-0.05, 0) is 155 Å². The Balaban J connectivity index is -0.000000334. The first-order valence-corrected chi connectivity index (χ1v) is 22.1. The third-order valence-electron chi connectivity index (χ3n) is 9.74. The predicted molar refractivity (Wildman–Crippen MR) is 256 cm³/mol. The number of aliphatic hydroxyl groups is 1. The second-order valence-corrected chi connectivity index (χ2v) is 18.1. The molecule has 1 rings (SSSR count). The number of nitrogens with zero attached hydrogens (tertiary/aromatic N) is 1. The zero-order valence-electron chi connectivity index (χ0n) is 39.3. The predicted octanol–water partition coefficient (Wildman–Crippen LogP) is 14.9. The molecule has 3 N–H and O–H groups in total. The lowest BCUT2D eigenvalue weighted by Crippen LogP contribution is -2.31. The number of rotatable bonds is 25. The second kappa shape index (κ2) is 39.0. The summed E-state index contributed by atoms with van der Waals surface area (Å²) in [5, 5.41) is 16.9. The van der Waals surface area contributed by atoms with Crippen LogP contribution >= 0.6 is 0 Å². The third-order valence-corrected chi connectivity index (χ3v) is 9.74. The lowest BCUT2D eigenvalue weighted by molar-refractivity contribution is 0.0472. The summed E-state index contributed by atoms with van der Waals surface area (Å²) in [4.78, 5) is 2.47. The van der Waals surface area contributed by atoms with E-state index in [4.69, 9.17) is 0 Å². The molecule has 326 valence electrons. The zero-order valence-corrected chi connectivity index (χ0v) is 39.3. The molecule has 4 heteroatoms. The molecule has 1 aromatic rings. The van der Waals surface area contributed by atoms with Crippen LogP contribution < -0.4 is 10.6 Å². The summed E-state index contributed by atoms with van der Waals surface area (Å²) < 4.78 is 0. The van der Waals surface area contributed by atoms with E-state index < -0.39 is 0 Å². The minimum Gasteiger partial charge on any atom is -0.392 e. The van der Waals surface area contributed by atoms with Crippen molar-refractivity contribution in [3.05, 3.63) is 65.8 Å². The Morgan fingerprint density at radius 2 is 1.36 bits per heavy atom. The van der Waals surface area contributed by atoms with Crippen LogP contribution in [0.25, 0.3) is 0 Å². The van der Waals surface area contributed by atoms with Gasteiger partial charge >= 0.3 is 0 Å². The normalized spacial score (nSPS) is 12.8. The molecule has 0 heterocycles. The number of nitrogens with one attached hydrogen (secondary N) is 2. The topological polar surface area (TPSA) is 47.5 Å². The highest BCUT2D eigenvalue weighted by Crippen LogP contribution is 2.33. The summed E-state index contributed by atoms with van der Waals surface area (Å²) >= 11 is 0. The molecule has 0 saturated heterocycles. The summed E-state index contributed by atoms with van der Waals surface area (Å²) in [5.41, 5.74) is 5.19. The maximum Gasteiger partial charge on any atom is 0.0630 e. The van der Waals surface area contributed by atoms with Gasteiger partial charge in [-0.2, -0.15) is 0 Å². The van der Waals surface area contributed by atoms with Gasteiger partial charge in [0.1, 0.15) is 0 Å². The van der Waals surface area contributed by atoms with Crippen molar-refractivity contribution in [1.29, 1.82) is 0 Å². The molecule has 2 unspecified atom stereocenters. The van der Waals surface area contributed by atoms with Crippen LogP contribution in [0.1, 0.15) is 180 Å². The van der Waals surface area contributed by atoms with Crippen molar-refractivity contribution in [2.24, 2.45) is 29.1 Å². The summed E-state index contributed by atoms with van der Waals surface area (Å²) in [5.74, 6) is 2.98. The lowest BCUT2D eigenvalue weighted by Gasteiger charge is -2.32. The number of aliphatic hydroxyl groups excluding tert-OH is 1. The van der Waals surface area contributed by atoms with Crippen molar-refractivity contribution >= 4 is 5.69 Å². The molecule has 0 aliphatic carbocycles. The van der Waals surface area contributed by atoms with Gasteiger partial charge in [0.2, 0.25) is 0 Å². The molecular formula is C51H101N3O. The Labute approximate surface area is 347 Å². The first-order valence-electron chi connectivity index (χ1n) is 22.1. The maximum absolute atomic E-state index is 10.4. The average Bonchev–Trinajstić information content (AvgIpc) is 3.09. The summed E-state index contributed by atoms with van der Waals surface area (Å²) in [6, 6.07) is 8.54. The fourth-order valence-electron chi connectivity index (χ4n) is 5.45. The van der Waals surface area contributed by atoms with Crippen LogP contribution in [0.15, 0.2) is 60.2 Å². The van der Waals surface area contributed by atoms with Crippen molar-refractivity contribution in [3.8, 4) is 0 Å². The van der Waals surface area contributed by atoms with Crippen LogP contribution in [-0.4, -0.2) is 56.4 Å². The highest BCUT2D eigenvalue weighted by atomic mass is 16.3. The smallest absolute Gasteiger partial charge is 0.0630 e. The zero-order chi connectivity index (χ0) is 42.0. The van der Waals surface area contributed by atoms with Crippen LogP contribution in [-0.2, 0) is 0 Å². The third kappa shape index (κ3) is 43.1. The highest BCUT2D eigenvalue weighted by Gasteiger charge is 2.29. The van der Waals surface area contributed by atoms with E-state index in [1.807, 2.05) is 13.1 Å². The number of aryl methyl sites for hydroxylation is 1. The van der Waals surface area contributed by atoms with E-state index in [1.54, 1.807) is 0 Å². The number of unbranched alkanes of at least 4 members (excludes halogenated alkanes) is 3. The van der Waals surface area contributed by atoms with E-state index in [-0.39, 0.29) is 18.9 Å². The van der Waals surface area contributed by atoms with Gasteiger partial charge in [0.25, 0.3) is 0 Å².